The minimum Gasteiger partial charge on any atom is -0.480 e. The van der Waals surface area contributed by atoms with Crippen molar-refractivity contribution < 1.29 is 14.7 Å². The van der Waals surface area contributed by atoms with Gasteiger partial charge in [-0.2, -0.15) is 4.98 Å². The molecule has 0 aliphatic heterocycles. The number of hydrogen-bond acceptors (Lipinski definition) is 4. The van der Waals surface area contributed by atoms with Crippen LogP contribution in [0.3, 0.4) is 0 Å². The van der Waals surface area contributed by atoms with Crippen LogP contribution in [0.4, 0.5) is 5.82 Å². The maximum atomic E-state index is 12.2. The molecule has 2 N–H and O–H groups in total. The van der Waals surface area contributed by atoms with Crippen LogP contribution in [0.2, 0.25) is 0 Å². The van der Waals surface area contributed by atoms with E-state index in [4.69, 9.17) is 5.11 Å². The lowest BCUT2D eigenvalue weighted by Gasteiger charge is -2.19. The standard InChI is InChI=1S/C17H19N3O4/c1-17(2,3)12-6-4-11(5-7-12)15(23)18-13-8-9-20(10-14(21)22)16(24)19-13/h4-9H,10H2,1-3H3,(H,21,22)(H,18,19,23,24). The summed E-state index contributed by atoms with van der Waals surface area (Å²) in [5.41, 5.74) is 0.803. The number of carbonyl (C=O) groups is 2. The van der Waals surface area contributed by atoms with Gasteiger partial charge in [0.2, 0.25) is 0 Å². The largest absolute Gasteiger partial charge is 0.480 e. The van der Waals surface area contributed by atoms with Crippen LogP contribution >= 0.6 is 0 Å². The van der Waals surface area contributed by atoms with Crippen LogP contribution in [-0.4, -0.2) is 26.5 Å². The topological polar surface area (TPSA) is 101 Å². The molecule has 0 atom stereocenters. The minimum atomic E-state index is -1.14. The second-order valence-corrected chi connectivity index (χ2v) is 6.40. The first kappa shape index (κ1) is 17.4. The number of rotatable bonds is 4. The number of hydrogen-bond donors (Lipinski definition) is 2. The van der Waals surface area contributed by atoms with E-state index in [9.17, 15) is 14.4 Å². The molecule has 2 aromatic rings. The van der Waals surface area contributed by atoms with Crippen molar-refractivity contribution in [1.82, 2.24) is 9.55 Å². The van der Waals surface area contributed by atoms with Gasteiger partial charge in [-0.05, 0) is 29.2 Å². The van der Waals surface area contributed by atoms with Crippen molar-refractivity contribution in [2.75, 3.05) is 5.32 Å². The van der Waals surface area contributed by atoms with Gasteiger partial charge in [-0.15, -0.1) is 0 Å². The highest BCUT2D eigenvalue weighted by molar-refractivity contribution is 6.03. The van der Waals surface area contributed by atoms with Crippen molar-refractivity contribution in [2.24, 2.45) is 0 Å². The molecule has 0 aliphatic carbocycles. The third-order valence-electron chi connectivity index (χ3n) is 3.43. The molecule has 0 saturated carbocycles. The van der Waals surface area contributed by atoms with Gasteiger partial charge >= 0.3 is 11.7 Å². The molecular weight excluding hydrogens is 310 g/mol. The smallest absolute Gasteiger partial charge is 0.350 e. The van der Waals surface area contributed by atoms with E-state index >= 15 is 0 Å². The van der Waals surface area contributed by atoms with Gasteiger partial charge in [-0.3, -0.25) is 14.2 Å². The third kappa shape index (κ3) is 4.28. The molecular formula is C17H19N3O4. The summed E-state index contributed by atoms with van der Waals surface area (Å²) in [6.07, 6.45) is 1.28. The van der Waals surface area contributed by atoms with E-state index < -0.39 is 24.1 Å². The third-order valence-corrected chi connectivity index (χ3v) is 3.43. The first-order chi connectivity index (χ1) is 11.2. The van der Waals surface area contributed by atoms with Gasteiger partial charge in [0.25, 0.3) is 5.91 Å². The van der Waals surface area contributed by atoms with Gasteiger partial charge in [0.15, 0.2) is 0 Å². The van der Waals surface area contributed by atoms with Crippen molar-refractivity contribution >= 4 is 17.7 Å². The van der Waals surface area contributed by atoms with Crippen LogP contribution in [0, 0.1) is 0 Å². The Kier molecular flexibility index (Phi) is 4.82. The summed E-state index contributed by atoms with van der Waals surface area (Å²) in [4.78, 5) is 38.2. The van der Waals surface area contributed by atoms with Crippen molar-refractivity contribution in [3.63, 3.8) is 0 Å². The number of carboxylic acid groups (broad SMARTS) is 1. The number of amides is 1. The van der Waals surface area contributed by atoms with Gasteiger partial charge in [-0.25, -0.2) is 4.79 Å². The summed E-state index contributed by atoms with van der Waals surface area (Å²) in [5, 5.41) is 11.2. The zero-order valence-electron chi connectivity index (χ0n) is 13.7. The quantitative estimate of drug-likeness (QED) is 0.892. The van der Waals surface area contributed by atoms with Crippen molar-refractivity contribution in [3.05, 3.63) is 58.1 Å². The Morgan fingerprint density at radius 1 is 1.17 bits per heavy atom. The molecule has 2 rings (SSSR count). The first-order valence-electron chi connectivity index (χ1n) is 7.38. The zero-order valence-corrected chi connectivity index (χ0v) is 13.7. The number of aliphatic carboxylic acids is 1. The molecule has 126 valence electrons. The maximum absolute atomic E-state index is 12.2. The Labute approximate surface area is 139 Å². The Morgan fingerprint density at radius 2 is 1.79 bits per heavy atom. The first-order valence-corrected chi connectivity index (χ1v) is 7.38. The van der Waals surface area contributed by atoms with E-state index in [1.165, 1.54) is 12.3 Å². The molecule has 0 saturated heterocycles. The Hall–Kier alpha value is -2.96. The highest BCUT2D eigenvalue weighted by Crippen LogP contribution is 2.22. The molecule has 7 nitrogen and oxygen atoms in total. The van der Waals surface area contributed by atoms with Crippen LogP contribution in [0.5, 0.6) is 0 Å². The fourth-order valence-electron chi connectivity index (χ4n) is 2.07. The van der Waals surface area contributed by atoms with Crippen LogP contribution in [0.15, 0.2) is 41.3 Å². The highest BCUT2D eigenvalue weighted by Gasteiger charge is 2.14. The Morgan fingerprint density at radius 3 is 2.29 bits per heavy atom. The van der Waals surface area contributed by atoms with Crippen LogP contribution in [0.25, 0.3) is 0 Å². The Bertz CT molecular complexity index is 817. The number of benzene rings is 1. The minimum absolute atomic E-state index is 0.00871. The van der Waals surface area contributed by atoms with Gasteiger partial charge in [0, 0.05) is 11.8 Å². The predicted octanol–water partition coefficient (Wildman–Crippen LogP) is 1.88. The lowest BCUT2D eigenvalue weighted by atomic mass is 9.87. The summed E-state index contributed by atoms with van der Waals surface area (Å²) >= 11 is 0. The number of nitrogens with zero attached hydrogens (tertiary/aromatic N) is 2. The fraction of sp³-hybridized carbons (Fsp3) is 0.294. The average Bonchev–Trinajstić information content (AvgIpc) is 2.49. The molecule has 1 amide bonds. The van der Waals surface area contributed by atoms with Crippen molar-refractivity contribution in [3.8, 4) is 0 Å². The molecule has 24 heavy (non-hydrogen) atoms. The molecule has 0 aliphatic rings. The lowest BCUT2D eigenvalue weighted by molar-refractivity contribution is -0.137. The summed E-state index contributed by atoms with van der Waals surface area (Å²) in [7, 11) is 0. The zero-order chi connectivity index (χ0) is 17.9. The predicted molar refractivity (Wildman–Crippen MR) is 89.2 cm³/mol. The van der Waals surface area contributed by atoms with E-state index in [2.05, 4.69) is 31.1 Å². The normalized spacial score (nSPS) is 11.1. The van der Waals surface area contributed by atoms with Crippen LogP contribution in [-0.2, 0) is 16.8 Å². The molecule has 1 aromatic heterocycles. The highest BCUT2D eigenvalue weighted by atomic mass is 16.4. The van der Waals surface area contributed by atoms with Gasteiger partial charge in [0.05, 0.1) is 0 Å². The molecule has 1 aromatic carbocycles. The maximum Gasteiger partial charge on any atom is 0.350 e. The average molecular weight is 329 g/mol. The summed E-state index contributed by atoms with van der Waals surface area (Å²) < 4.78 is 0.941. The Balaban J connectivity index is 2.13. The molecule has 0 bridgehead atoms. The van der Waals surface area contributed by atoms with E-state index in [1.807, 2.05) is 12.1 Å². The van der Waals surface area contributed by atoms with Crippen LogP contribution < -0.4 is 11.0 Å². The van der Waals surface area contributed by atoms with E-state index in [0.717, 1.165) is 10.1 Å². The summed E-state index contributed by atoms with van der Waals surface area (Å²) in [6.45, 7) is 5.77. The molecule has 1 heterocycles. The molecule has 7 heteroatoms. The molecule has 0 fully saturated rings. The van der Waals surface area contributed by atoms with E-state index in [1.54, 1.807) is 12.1 Å². The number of nitrogens with one attached hydrogen (secondary N) is 1. The fourth-order valence-corrected chi connectivity index (χ4v) is 2.07. The lowest BCUT2D eigenvalue weighted by Crippen LogP contribution is -2.27. The van der Waals surface area contributed by atoms with E-state index in [0.29, 0.717) is 5.56 Å². The number of carboxylic acids is 1. The SMILES string of the molecule is CC(C)(C)c1ccc(C(=O)Nc2ccn(CC(=O)O)c(=O)n2)cc1. The molecule has 0 spiro atoms. The number of anilines is 1. The van der Waals surface area contributed by atoms with E-state index in [-0.39, 0.29) is 11.2 Å². The second kappa shape index (κ2) is 6.66. The molecule has 0 radical (unpaired) electrons. The summed E-state index contributed by atoms with van der Waals surface area (Å²) in [6, 6.07) is 8.56. The monoisotopic (exact) mass is 329 g/mol. The summed E-state index contributed by atoms with van der Waals surface area (Å²) in [5.74, 6) is -1.46. The molecule has 0 unspecified atom stereocenters. The van der Waals surface area contributed by atoms with Crippen molar-refractivity contribution in [1.29, 1.82) is 0 Å². The van der Waals surface area contributed by atoms with Gasteiger partial charge in [-0.1, -0.05) is 32.9 Å². The van der Waals surface area contributed by atoms with Crippen molar-refractivity contribution in [2.45, 2.75) is 32.7 Å². The number of carbonyl (C=O) groups excluding carboxylic acids is 1. The van der Waals surface area contributed by atoms with Gasteiger partial charge < -0.3 is 10.4 Å². The number of aromatic nitrogens is 2. The second-order valence-electron chi connectivity index (χ2n) is 6.40. The van der Waals surface area contributed by atoms with Crippen LogP contribution in [0.1, 0.15) is 36.7 Å². The van der Waals surface area contributed by atoms with Gasteiger partial charge in [0.1, 0.15) is 12.4 Å².